The van der Waals surface area contributed by atoms with Crippen LogP contribution in [0.3, 0.4) is 0 Å². The standard InChI is InChI=1S/C23H18N4O4/c1-16-20(5-4-6-21(16)27(29)30)22-12-11-19(31-22)15-24-25-23(28)17-7-9-18(10-8-17)26-13-2-3-14-26/h2-15H,1H3,(H,25,28)/b24-15+. The fourth-order valence-corrected chi connectivity index (χ4v) is 3.17. The molecular formula is C23H18N4O4. The van der Waals surface area contributed by atoms with E-state index >= 15 is 0 Å². The lowest BCUT2D eigenvalue weighted by atomic mass is 10.1. The minimum atomic E-state index is -0.426. The van der Waals surface area contributed by atoms with Crippen molar-refractivity contribution in [3.8, 4) is 17.0 Å². The van der Waals surface area contributed by atoms with Crippen molar-refractivity contribution < 1.29 is 14.1 Å². The molecule has 0 aliphatic carbocycles. The summed E-state index contributed by atoms with van der Waals surface area (Å²) < 4.78 is 7.65. The lowest BCUT2D eigenvalue weighted by Crippen LogP contribution is -2.17. The van der Waals surface area contributed by atoms with Crippen LogP contribution in [0.1, 0.15) is 21.7 Å². The van der Waals surface area contributed by atoms with E-state index < -0.39 is 4.92 Å². The van der Waals surface area contributed by atoms with Gasteiger partial charge in [0.05, 0.1) is 11.1 Å². The molecule has 0 saturated heterocycles. The van der Waals surface area contributed by atoms with Crippen molar-refractivity contribution in [1.82, 2.24) is 9.99 Å². The van der Waals surface area contributed by atoms with E-state index in [1.807, 2.05) is 41.2 Å². The van der Waals surface area contributed by atoms with Crippen LogP contribution in [0.25, 0.3) is 17.0 Å². The van der Waals surface area contributed by atoms with Crippen molar-refractivity contribution in [2.45, 2.75) is 6.92 Å². The molecule has 0 bridgehead atoms. The first-order valence-electron chi connectivity index (χ1n) is 9.44. The Kier molecular flexibility index (Phi) is 5.44. The van der Waals surface area contributed by atoms with Crippen LogP contribution >= 0.6 is 0 Å². The zero-order chi connectivity index (χ0) is 21.8. The average molecular weight is 414 g/mol. The number of hydrogen-bond donors (Lipinski definition) is 1. The molecule has 2 heterocycles. The van der Waals surface area contributed by atoms with Crippen molar-refractivity contribution in [2.24, 2.45) is 5.10 Å². The van der Waals surface area contributed by atoms with Crippen molar-refractivity contribution >= 4 is 17.8 Å². The Morgan fingerprint density at radius 1 is 1.06 bits per heavy atom. The number of nitrogens with zero attached hydrogens (tertiary/aromatic N) is 3. The fourth-order valence-electron chi connectivity index (χ4n) is 3.17. The molecule has 0 spiro atoms. The van der Waals surface area contributed by atoms with Crippen LogP contribution in [0.4, 0.5) is 5.69 Å². The predicted octanol–water partition coefficient (Wildman–Crippen LogP) is 4.72. The SMILES string of the molecule is Cc1c(-c2ccc(/C=N/NC(=O)c3ccc(-n4cccc4)cc3)o2)cccc1[N+](=O)[O-]. The average Bonchev–Trinajstić information content (AvgIpc) is 3.46. The first-order chi connectivity index (χ1) is 15.0. The van der Waals surface area contributed by atoms with Gasteiger partial charge in [-0.1, -0.05) is 12.1 Å². The monoisotopic (exact) mass is 414 g/mol. The number of carbonyl (C=O) groups excluding carboxylic acids is 1. The molecule has 1 N–H and O–H groups in total. The second-order valence-electron chi connectivity index (χ2n) is 6.75. The number of furan rings is 1. The minimum Gasteiger partial charge on any atom is -0.455 e. The van der Waals surface area contributed by atoms with Crippen molar-refractivity contribution in [3.05, 3.63) is 106 Å². The van der Waals surface area contributed by atoms with Crippen molar-refractivity contribution in [1.29, 1.82) is 0 Å². The van der Waals surface area contributed by atoms with E-state index in [1.54, 1.807) is 43.3 Å². The Bertz CT molecular complexity index is 1260. The van der Waals surface area contributed by atoms with Gasteiger partial charge in [0.15, 0.2) is 0 Å². The topological polar surface area (TPSA) is 103 Å². The summed E-state index contributed by atoms with van der Waals surface area (Å²) in [7, 11) is 0. The van der Waals surface area contributed by atoms with Crippen molar-refractivity contribution in [3.63, 3.8) is 0 Å². The number of hydrogen-bond acceptors (Lipinski definition) is 5. The lowest BCUT2D eigenvalue weighted by Gasteiger charge is -2.04. The molecule has 0 fully saturated rings. The number of aromatic nitrogens is 1. The van der Waals surface area contributed by atoms with Gasteiger partial charge in [-0.2, -0.15) is 5.10 Å². The summed E-state index contributed by atoms with van der Waals surface area (Å²) >= 11 is 0. The summed E-state index contributed by atoms with van der Waals surface area (Å²) in [6.07, 6.45) is 5.22. The molecular weight excluding hydrogens is 396 g/mol. The summed E-state index contributed by atoms with van der Waals surface area (Å²) in [6.45, 7) is 1.67. The molecule has 0 atom stereocenters. The number of amides is 1. The van der Waals surface area contributed by atoms with Gasteiger partial charge in [-0.25, -0.2) is 5.43 Å². The second kappa shape index (κ2) is 8.50. The van der Waals surface area contributed by atoms with Gasteiger partial charge in [-0.3, -0.25) is 14.9 Å². The minimum absolute atomic E-state index is 0.0270. The molecule has 0 unspecified atom stereocenters. The smallest absolute Gasteiger partial charge is 0.273 e. The third-order valence-electron chi connectivity index (χ3n) is 4.78. The van der Waals surface area contributed by atoms with Gasteiger partial charge < -0.3 is 8.98 Å². The zero-order valence-corrected chi connectivity index (χ0v) is 16.6. The molecule has 0 saturated carbocycles. The van der Waals surface area contributed by atoms with Crippen LogP contribution in [-0.4, -0.2) is 21.6 Å². The number of carbonyl (C=O) groups is 1. The summed E-state index contributed by atoms with van der Waals surface area (Å²) in [6, 6.07) is 19.2. The van der Waals surface area contributed by atoms with Crippen LogP contribution in [0, 0.1) is 17.0 Å². The van der Waals surface area contributed by atoms with Gasteiger partial charge in [0.25, 0.3) is 11.6 Å². The van der Waals surface area contributed by atoms with E-state index in [4.69, 9.17) is 4.42 Å². The summed E-state index contributed by atoms with van der Waals surface area (Å²) in [5.41, 5.74) is 5.05. The third kappa shape index (κ3) is 4.27. The van der Waals surface area contributed by atoms with Gasteiger partial charge in [0.1, 0.15) is 11.5 Å². The molecule has 4 rings (SSSR count). The number of nitrogens with one attached hydrogen (secondary N) is 1. The maximum atomic E-state index is 12.3. The van der Waals surface area contributed by atoms with Gasteiger partial charge in [-0.05, 0) is 55.5 Å². The maximum Gasteiger partial charge on any atom is 0.273 e. The largest absolute Gasteiger partial charge is 0.455 e. The molecule has 0 radical (unpaired) electrons. The summed E-state index contributed by atoms with van der Waals surface area (Å²) in [5.74, 6) is 0.537. The molecule has 154 valence electrons. The lowest BCUT2D eigenvalue weighted by molar-refractivity contribution is -0.385. The molecule has 0 aliphatic rings. The highest BCUT2D eigenvalue weighted by Crippen LogP contribution is 2.30. The van der Waals surface area contributed by atoms with Gasteiger partial charge in [0.2, 0.25) is 0 Å². The predicted molar refractivity (Wildman–Crippen MR) is 116 cm³/mol. The van der Waals surface area contributed by atoms with E-state index in [9.17, 15) is 14.9 Å². The molecule has 2 aromatic heterocycles. The molecule has 2 aromatic carbocycles. The molecule has 4 aromatic rings. The summed E-state index contributed by atoms with van der Waals surface area (Å²) in [5, 5.41) is 15.1. The number of benzene rings is 2. The van der Waals surface area contributed by atoms with E-state index in [1.165, 1.54) is 12.3 Å². The normalized spacial score (nSPS) is 11.0. The van der Waals surface area contributed by atoms with E-state index in [0.717, 1.165) is 5.69 Å². The second-order valence-corrected chi connectivity index (χ2v) is 6.75. The van der Waals surface area contributed by atoms with Gasteiger partial charge in [-0.15, -0.1) is 0 Å². The highest BCUT2D eigenvalue weighted by atomic mass is 16.6. The van der Waals surface area contributed by atoms with Crippen LogP contribution in [-0.2, 0) is 0 Å². The molecule has 0 aliphatic heterocycles. The molecule has 8 nitrogen and oxygen atoms in total. The Morgan fingerprint density at radius 2 is 1.81 bits per heavy atom. The Labute approximate surface area is 177 Å². The number of rotatable bonds is 6. The fraction of sp³-hybridized carbons (Fsp3) is 0.0435. The van der Waals surface area contributed by atoms with E-state index in [0.29, 0.717) is 28.2 Å². The highest BCUT2D eigenvalue weighted by molar-refractivity contribution is 5.94. The number of nitro groups is 1. The molecule has 8 heteroatoms. The Balaban J connectivity index is 1.42. The maximum absolute atomic E-state index is 12.3. The zero-order valence-electron chi connectivity index (χ0n) is 16.6. The Hall–Kier alpha value is -4.46. The quantitative estimate of drug-likeness (QED) is 0.280. The highest BCUT2D eigenvalue weighted by Gasteiger charge is 2.16. The van der Waals surface area contributed by atoms with E-state index in [2.05, 4.69) is 10.5 Å². The summed E-state index contributed by atoms with van der Waals surface area (Å²) in [4.78, 5) is 23.0. The number of hydrazone groups is 1. The first kappa shape index (κ1) is 19.8. The third-order valence-corrected chi connectivity index (χ3v) is 4.78. The van der Waals surface area contributed by atoms with Crippen molar-refractivity contribution in [2.75, 3.05) is 0 Å². The number of nitro benzene ring substituents is 1. The van der Waals surface area contributed by atoms with Crippen LogP contribution in [0.2, 0.25) is 0 Å². The first-order valence-corrected chi connectivity index (χ1v) is 9.44. The molecule has 31 heavy (non-hydrogen) atoms. The molecule has 1 amide bonds. The Morgan fingerprint density at radius 3 is 2.52 bits per heavy atom. The van der Waals surface area contributed by atoms with Crippen LogP contribution in [0.5, 0.6) is 0 Å². The van der Waals surface area contributed by atoms with Crippen LogP contribution < -0.4 is 5.43 Å². The van der Waals surface area contributed by atoms with E-state index in [-0.39, 0.29) is 11.6 Å². The van der Waals surface area contributed by atoms with Gasteiger partial charge >= 0.3 is 0 Å². The van der Waals surface area contributed by atoms with Crippen LogP contribution in [0.15, 0.2) is 88.6 Å². The van der Waals surface area contributed by atoms with Gasteiger partial charge in [0, 0.05) is 40.8 Å².